The molecule has 2 aromatic rings. The van der Waals surface area contributed by atoms with Gasteiger partial charge in [0.2, 0.25) is 5.83 Å². The first-order valence-electron chi connectivity index (χ1n) is 9.65. The van der Waals surface area contributed by atoms with Crippen molar-refractivity contribution >= 4 is 10.8 Å². The van der Waals surface area contributed by atoms with Crippen LogP contribution in [0.5, 0.6) is 0 Å². The lowest BCUT2D eigenvalue weighted by Gasteiger charge is -2.15. The molecule has 2 rings (SSSR count). The van der Waals surface area contributed by atoms with Crippen LogP contribution < -0.4 is 0 Å². The van der Waals surface area contributed by atoms with Crippen LogP contribution in [0.2, 0.25) is 0 Å². The number of allylic oxidation sites excluding steroid dienone is 3. The lowest BCUT2D eigenvalue weighted by atomic mass is 9.90. The Hall–Kier alpha value is -2.37. The zero-order chi connectivity index (χ0) is 21.4. The van der Waals surface area contributed by atoms with Crippen molar-refractivity contribution in [3.63, 3.8) is 0 Å². The fourth-order valence-corrected chi connectivity index (χ4v) is 3.27. The zero-order valence-corrected chi connectivity index (χ0v) is 16.6. The van der Waals surface area contributed by atoms with Crippen molar-refractivity contribution in [1.82, 2.24) is 0 Å². The Labute approximate surface area is 167 Å². The maximum Gasteiger partial charge on any atom is 0.201 e. The van der Waals surface area contributed by atoms with Crippen LogP contribution in [0, 0.1) is 0 Å². The molecular weight excluding hydrogens is 387 g/mol. The van der Waals surface area contributed by atoms with Gasteiger partial charge in [-0.2, -0.15) is 4.39 Å². The summed E-state index contributed by atoms with van der Waals surface area (Å²) >= 11 is 0. The molecule has 1 atom stereocenters. The van der Waals surface area contributed by atoms with Gasteiger partial charge in [-0.25, -0.2) is 17.6 Å². The minimum atomic E-state index is -1.87. The van der Waals surface area contributed by atoms with Gasteiger partial charge in [0.15, 0.2) is 17.4 Å². The largest absolute Gasteiger partial charge is 0.483 e. The lowest BCUT2D eigenvalue weighted by Crippen LogP contribution is -2.01. The van der Waals surface area contributed by atoms with E-state index in [0.717, 1.165) is 30.0 Å². The number of rotatable bonds is 10. The van der Waals surface area contributed by atoms with E-state index in [1.54, 1.807) is 12.1 Å². The molecule has 0 fully saturated rings. The lowest BCUT2D eigenvalue weighted by molar-refractivity contribution is 0.178. The summed E-state index contributed by atoms with van der Waals surface area (Å²) < 4.78 is 70.2. The first-order chi connectivity index (χ1) is 13.9. The fourth-order valence-electron chi connectivity index (χ4n) is 3.27. The van der Waals surface area contributed by atoms with Crippen molar-refractivity contribution in [2.45, 2.75) is 45.6 Å². The summed E-state index contributed by atoms with van der Waals surface area (Å²) in [4.78, 5) is 0. The van der Waals surface area contributed by atoms with Crippen LogP contribution in [-0.4, -0.2) is 13.3 Å². The summed E-state index contributed by atoms with van der Waals surface area (Å²) in [5.74, 6) is -6.09. The van der Waals surface area contributed by atoms with E-state index < -0.39 is 36.6 Å². The third-order valence-electron chi connectivity index (χ3n) is 4.83. The number of ether oxygens (including phenoxy) is 1. The molecule has 0 radical (unpaired) electrons. The van der Waals surface area contributed by atoms with E-state index >= 15 is 0 Å². The van der Waals surface area contributed by atoms with Gasteiger partial charge in [0.05, 0.1) is 0 Å². The Bertz CT molecular complexity index is 888. The van der Waals surface area contributed by atoms with Gasteiger partial charge in [0.25, 0.3) is 0 Å². The molecule has 0 aliphatic heterocycles. The van der Waals surface area contributed by atoms with E-state index in [-0.39, 0.29) is 6.61 Å². The van der Waals surface area contributed by atoms with Crippen LogP contribution in [0.4, 0.5) is 22.0 Å². The van der Waals surface area contributed by atoms with Crippen molar-refractivity contribution in [2.75, 3.05) is 13.3 Å². The number of alkyl halides is 2. The van der Waals surface area contributed by atoms with Gasteiger partial charge in [-0.3, -0.25) is 0 Å². The maximum absolute atomic E-state index is 13.7. The molecule has 0 heterocycles. The molecule has 0 amide bonds. The van der Waals surface area contributed by atoms with Gasteiger partial charge in [-0.05, 0) is 46.7 Å². The van der Waals surface area contributed by atoms with Crippen molar-refractivity contribution in [1.29, 1.82) is 0 Å². The Morgan fingerprint density at radius 2 is 1.55 bits per heavy atom. The summed E-state index contributed by atoms with van der Waals surface area (Å²) in [5.41, 5.74) is 1.82. The molecule has 29 heavy (non-hydrogen) atoms. The predicted octanol–water partition coefficient (Wildman–Crippen LogP) is 7.92. The number of benzene rings is 2. The van der Waals surface area contributed by atoms with Gasteiger partial charge in [0.1, 0.15) is 20.0 Å². The van der Waals surface area contributed by atoms with Crippen molar-refractivity contribution < 1.29 is 26.7 Å². The van der Waals surface area contributed by atoms with Crippen LogP contribution >= 0.6 is 0 Å². The third-order valence-corrected chi connectivity index (χ3v) is 4.83. The molecule has 0 saturated heterocycles. The summed E-state index contributed by atoms with van der Waals surface area (Å²) in [6.45, 7) is 0.543. The molecule has 158 valence electrons. The number of fused-ring (bicyclic) bond motifs is 1. The maximum atomic E-state index is 13.7. The summed E-state index contributed by atoms with van der Waals surface area (Å²) in [6, 6.07) is 11.5. The predicted molar refractivity (Wildman–Crippen MR) is 106 cm³/mol. The van der Waals surface area contributed by atoms with Crippen LogP contribution in [0.3, 0.4) is 0 Å². The van der Waals surface area contributed by atoms with E-state index in [1.807, 2.05) is 12.1 Å². The van der Waals surface area contributed by atoms with Gasteiger partial charge < -0.3 is 4.74 Å². The van der Waals surface area contributed by atoms with E-state index in [9.17, 15) is 22.0 Å². The highest BCUT2D eigenvalue weighted by Gasteiger charge is 2.19. The molecule has 0 N–H and O–H groups in total. The van der Waals surface area contributed by atoms with Crippen molar-refractivity contribution in [3.05, 3.63) is 70.8 Å². The SMILES string of the molecule is CCCC(CC)c1ccc2cc(COC(=C(\F)CF)/C(F)=C(/F)CF)ccc2c1. The molecule has 1 unspecified atom stereocenters. The van der Waals surface area contributed by atoms with Crippen LogP contribution in [0.1, 0.15) is 50.2 Å². The van der Waals surface area contributed by atoms with E-state index in [1.165, 1.54) is 5.56 Å². The molecule has 1 nitrogen and oxygen atoms in total. The molecule has 0 bridgehead atoms. The third kappa shape index (κ3) is 5.81. The smallest absolute Gasteiger partial charge is 0.201 e. The van der Waals surface area contributed by atoms with Gasteiger partial charge in [-0.1, -0.05) is 50.6 Å². The molecule has 0 aromatic heterocycles. The molecule has 6 heteroatoms. The topological polar surface area (TPSA) is 9.23 Å². The molecule has 0 aliphatic rings. The minimum Gasteiger partial charge on any atom is -0.483 e. The second kappa shape index (κ2) is 11.0. The fraction of sp³-hybridized carbons (Fsp3) is 0.391. The van der Waals surface area contributed by atoms with E-state index in [2.05, 4.69) is 26.0 Å². The standard InChI is InChI=1S/C23H25F5O/c1-3-5-16(4-2)18-9-8-17-10-15(6-7-19(17)11-18)14-29-23(21(27)13-25)22(28)20(26)12-24/h6-11,16H,3-5,12-14H2,1-2H3/b22-20-,23-21-. The minimum absolute atomic E-state index is 0.319. The Balaban J connectivity index is 2.24. The zero-order valence-electron chi connectivity index (χ0n) is 16.6. The van der Waals surface area contributed by atoms with Crippen LogP contribution in [-0.2, 0) is 11.3 Å². The summed E-state index contributed by atoms with van der Waals surface area (Å²) in [7, 11) is 0. The molecule has 0 saturated carbocycles. The second-order valence-electron chi connectivity index (χ2n) is 6.84. The van der Waals surface area contributed by atoms with Gasteiger partial charge in [-0.15, -0.1) is 0 Å². The first-order valence-corrected chi connectivity index (χ1v) is 9.65. The Morgan fingerprint density at radius 1 is 0.897 bits per heavy atom. The number of hydrogen-bond acceptors (Lipinski definition) is 1. The Morgan fingerprint density at radius 3 is 2.17 bits per heavy atom. The highest BCUT2D eigenvalue weighted by atomic mass is 19.2. The average molecular weight is 412 g/mol. The number of halogens is 5. The molecule has 0 spiro atoms. The molecule has 2 aromatic carbocycles. The number of hydrogen-bond donors (Lipinski definition) is 0. The quantitative estimate of drug-likeness (QED) is 0.219. The summed E-state index contributed by atoms with van der Waals surface area (Å²) in [6.07, 6.45) is 3.26. The summed E-state index contributed by atoms with van der Waals surface area (Å²) in [5, 5.41) is 1.92. The van der Waals surface area contributed by atoms with Gasteiger partial charge >= 0.3 is 0 Å². The van der Waals surface area contributed by atoms with E-state index in [0.29, 0.717) is 11.5 Å². The van der Waals surface area contributed by atoms with Crippen LogP contribution in [0.15, 0.2) is 59.6 Å². The Kier molecular flexibility index (Phi) is 8.68. The van der Waals surface area contributed by atoms with Crippen LogP contribution in [0.25, 0.3) is 10.8 Å². The average Bonchev–Trinajstić information content (AvgIpc) is 2.76. The van der Waals surface area contributed by atoms with Crippen molar-refractivity contribution in [3.8, 4) is 0 Å². The van der Waals surface area contributed by atoms with Gasteiger partial charge in [0, 0.05) is 0 Å². The monoisotopic (exact) mass is 412 g/mol. The van der Waals surface area contributed by atoms with E-state index in [4.69, 9.17) is 4.74 Å². The molecular formula is C23H25F5O. The second-order valence-corrected chi connectivity index (χ2v) is 6.84. The first kappa shape index (κ1) is 22.9. The normalized spacial score (nSPS) is 14.4. The molecule has 0 aliphatic carbocycles. The highest BCUT2D eigenvalue weighted by Crippen LogP contribution is 2.29. The van der Waals surface area contributed by atoms with Crippen molar-refractivity contribution in [2.24, 2.45) is 0 Å². The highest BCUT2D eigenvalue weighted by molar-refractivity contribution is 5.84.